The van der Waals surface area contributed by atoms with E-state index in [-0.39, 0.29) is 6.29 Å². The fourth-order valence-electron chi connectivity index (χ4n) is 1.58. The highest BCUT2D eigenvalue weighted by atomic mass is 35.5. The Morgan fingerprint density at radius 2 is 2.44 bits per heavy atom. The van der Waals surface area contributed by atoms with Gasteiger partial charge in [-0.25, -0.2) is 0 Å². The summed E-state index contributed by atoms with van der Waals surface area (Å²) in [6.45, 7) is 0.731. The van der Waals surface area contributed by atoms with Crippen LogP contribution >= 0.6 is 11.6 Å². The minimum atomic E-state index is -0.208. The quantitative estimate of drug-likeness (QED) is 0.761. The lowest BCUT2D eigenvalue weighted by atomic mass is 10.2. The standard InChI is InChI=1S/C12H12ClO3/c13-11-7-10(5-4-9(11)8-14)16-12-3-1-2-6-15-12/h5,7-8,12H,1-3,6H2. The van der Waals surface area contributed by atoms with Crippen molar-refractivity contribution < 1.29 is 14.3 Å². The highest BCUT2D eigenvalue weighted by Gasteiger charge is 2.15. The molecular weight excluding hydrogens is 228 g/mol. The normalized spacial score (nSPS) is 20.4. The third kappa shape index (κ3) is 2.74. The van der Waals surface area contributed by atoms with E-state index in [1.807, 2.05) is 0 Å². The summed E-state index contributed by atoms with van der Waals surface area (Å²) in [6.07, 6.45) is 3.53. The molecule has 0 amide bonds. The van der Waals surface area contributed by atoms with Crippen LogP contribution in [0.5, 0.6) is 5.75 Å². The van der Waals surface area contributed by atoms with E-state index in [1.54, 1.807) is 12.1 Å². The molecule has 1 fully saturated rings. The SMILES string of the molecule is O=Cc1[c]cc(OC2CCCCO2)cc1Cl. The van der Waals surface area contributed by atoms with Crippen LogP contribution in [0.15, 0.2) is 12.1 Å². The van der Waals surface area contributed by atoms with Gasteiger partial charge in [0, 0.05) is 12.0 Å². The molecule has 1 saturated heterocycles. The zero-order chi connectivity index (χ0) is 11.4. The van der Waals surface area contributed by atoms with Crippen LogP contribution in [0.4, 0.5) is 0 Å². The van der Waals surface area contributed by atoms with Gasteiger partial charge in [-0.1, -0.05) is 11.6 Å². The van der Waals surface area contributed by atoms with Crippen LogP contribution in [0.3, 0.4) is 0 Å². The molecule has 0 aliphatic carbocycles. The molecule has 1 aromatic carbocycles. The highest BCUT2D eigenvalue weighted by molar-refractivity contribution is 6.33. The molecule has 0 saturated carbocycles. The van der Waals surface area contributed by atoms with Crippen LogP contribution in [0, 0.1) is 6.07 Å². The molecule has 0 spiro atoms. The summed E-state index contributed by atoms with van der Waals surface area (Å²) < 4.78 is 11.0. The van der Waals surface area contributed by atoms with Gasteiger partial charge in [0.15, 0.2) is 12.6 Å². The summed E-state index contributed by atoms with van der Waals surface area (Å²) in [6, 6.07) is 5.98. The molecule has 2 rings (SSSR count). The van der Waals surface area contributed by atoms with Crippen molar-refractivity contribution >= 4 is 17.9 Å². The molecule has 1 aliphatic heterocycles. The number of halogens is 1. The first-order chi connectivity index (χ1) is 7.79. The van der Waals surface area contributed by atoms with E-state index in [0.717, 1.165) is 25.9 Å². The smallest absolute Gasteiger partial charge is 0.199 e. The predicted octanol–water partition coefficient (Wildman–Crippen LogP) is 2.86. The maximum atomic E-state index is 10.5. The molecule has 3 nitrogen and oxygen atoms in total. The molecule has 1 radical (unpaired) electrons. The van der Waals surface area contributed by atoms with Crippen molar-refractivity contribution in [3.63, 3.8) is 0 Å². The fourth-order valence-corrected chi connectivity index (χ4v) is 1.78. The fraction of sp³-hybridized carbons (Fsp3) is 0.417. The lowest BCUT2D eigenvalue weighted by Gasteiger charge is -2.23. The predicted molar refractivity (Wildman–Crippen MR) is 59.9 cm³/mol. The molecule has 4 heteroatoms. The van der Waals surface area contributed by atoms with E-state index in [0.29, 0.717) is 22.6 Å². The number of hydrogen-bond donors (Lipinski definition) is 0. The van der Waals surface area contributed by atoms with E-state index in [1.165, 1.54) is 0 Å². The molecule has 1 aliphatic rings. The molecule has 0 bridgehead atoms. The van der Waals surface area contributed by atoms with Crippen LogP contribution in [0.2, 0.25) is 5.02 Å². The van der Waals surface area contributed by atoms with Crippen molar-refractivity contribution in [1.29, 1.82) is 0 Å². The third-order valence-corrected chi connectivity index (χ3v) is 2.73. The molecule has 1 heterocycles. The topological polar surface area (TPSA) is 35.5 Å². The molecule has 85 valence electrons. The second-order valence-corrected chi connectivity index (χ2v) is 4.04. The Kier molecular flexibility index (Phi) is 3.80. The Labute approximate surface area is 99.3 Å². The number of hydrogen-bond acceptors (Lipinski definition) is 3. The van der Waals surface area contributed by atoms with Crippen molar-refractivity contribution in [1.82, 2.24) is 0 Å². The van der Waals surface area contributed by atoms with Crippen LogP contribution < -0.4 is 4.74 Å². The van der Waals surface area contributed by atoms with Crippen molar-refractivity contribution in [2.45, 2.75) is 25.6 Å². The van der Waals surface area contributed by atoms with Gasteiger partial charge < -0.3 is 9.47 Å². The molecular formula is C12H12ClO3. The number of ether oxygens (including phenoxy) is 2. The van der Waals surface area contributed by atoms with E-state index in [9.17, 15) is 4.79 Å². The summed E-state index contributed by atoms with van der Waals surface area (Å²) in [5, 5.41) is 0.350. The Hall–Kier alpha value is -1.06. The van der Waals surface area contributed by atoms with Gasteiger partial charge in [0.1, 0.15) is 5.75 Å². The maximum Gasteiger partial charge on any atom is 0.199 e. The minimum absolute atomic E-state index is 0.208. The number of rotatable bonds is 3. The van der Waals surface area contributed by atoms with Gasteiger partial charge in [0.2, 0.25) is 0 Å². The average Bonchev–Trinajstić information content (AvgIpc) is 2.31. The highest BCUT2D eigenvalue weighted by Crippen LogP contribution is 2.24. The number of aldehydes is 1. The zero-order valence-electron chi connectivity index (χ0n) is 8.74. The van der Waals surface area contributed by atoms with Crippen molar-refractivity contribution in [3.8, 4) is 5.75 Å². The van der Waals surface area contributed by atoms with Crippen molar-refractivity contribution in [2.24, 2.45) is 0 Å². The Bertz CT molecular complexity index is 373. The maximum absolute atomic E-state index is 10.5. The first-order valence-electron chi connectivity index (χ1n) is 5.24. The lowest BCUT2D eigenvalue weighted by Crippen LogP contribution is -2.24. The first kappa shape index (κ1) is 11.4. The Balaban J connectivity index is 2.03. The lowest BCUT2D eigenvalue weighted by molar-refractivity contribution is -0.105. The summed E-state index contributed by atoms with van der Waals surface area (Å²) in [7, 11) is 0. The Morgan fingerprint density at radius 3 is 3.06 bits per heavy atom. The largest absolute Gasteiger partial charge is 0.465 e. The van der Waals surface area contributed by atoms with Gasteiger partial charge >= 0.3 is 0 Å². The van der Waals surface area contributed by atoms with E-state index in [2.05, 4.69) is 6.07 Å². The van der Waals surface area contributed by atoms with E-state index >= 15 is 0 Å². The monoisotopic (exact) mass is 239 g/mol. The molecule has 16 heavy (non-hydrogen) atoms. The number of benzene rings is 1. The van der Waals surface area contributed by atoms with Gasteiger partial charge in [-0.15, -0.1) is 0 Å². The summed E-state index contributed by atoms with van der Waals surface area (Å²) >= 11 is 5.86. The average molecular weight is 240 g/mol. The molecule has 1 unspecified atom stereocenters. The van der Waals surface area contributed by atoms with Crippen LogP contribution in [0.1, 0.15) is 29.6 Å². The van der Waals surface area contributed by atoms with Crippen LogP contribution in [-0.2, 0) is 4.74 Å². The number of carbonyl (C=O) groups excluding carboxylic acids is 1. The van der Waals surface area contributed by atoms with E-state index < -0.39 is 0 Å². The summed E-state index contributed by atoms with van der Waals surface area (Å²) in [4.78, 5) is 10.5. The van der Waals surface area contributed by atoms with Gasteiger partial charge in [-0.3, -0.25) is 4.79 Å². The van der Waals surface area contributed by atoms with E-state index in [4.69, 9.17) is 21.1 Å². The minimum Gasteiger partial charge on any atom is -0.465 e. The zero-order valence-corrected chi connectivity index (χ0v) is 9.50. The first-order valence-corrected chi connectivity index (χ1v) is 5.62. The summed E-state index contributed by atoms with van der Waals surface area (Å²) in [5.74, 6) is 0.586. The van der Waals surface area contributed by atoms with Crippen molar-refractivity contribution in [2.75, 3.05) is 6.61 Å². The van der Waals surface area contributed by atoms with Gasteiger partial charge in [0.05, 0.1) is 11.6 Å². The van der Waals surface area contributed by atoms with Crippen molar-refractivity contribution in [3.05, 3.63) is 28.8 Å². The Morgan fingerprint density at radius 1 is 1.56 bits per heavy atom. The second kappa shape index (κ2) is 5.32. The van der Waals surface area contributed by atoms with Gasteiger partial charge in [0.25, 0.3) is 0 Å². The second-order valence-electron chi connectivity index (χ2n) is 3.63. The van der Waals surface area contributed by atoms with Gasteiger partial charge in [-0.05, 0) is 31.0 Å². The number of carbonyl (C=O) groups is 1. The summed E-state index contributed by atoms with van der Waals surface area (Å²) in [5.41, 5.74) is 0.346. The molecule has 1 aromatic rings. The van der Waals surface area contributed by atoms with Crippen LogP contribution in [0.25, 0.3) is 0 Å². The molecule has 0 aromatic heterocycles. The molecule has 1 atom stereocenters. The van der Waals surface area contributed by atoms with Gasteiger partial charge in [-0.2, -0.15) is 0 Å². The molecule has 0 N–H and O–H groups in total. The van der Waals surface area contributed by atoms with Crippen LogP contribution in [-0.4, -0.2) is 19.2 Å². The third-order valence-electron chi connectivity index (χ3n) is 2.42.